The molecule has 1 fully saturated rings. The Hall–Kier alpha value is -1.31. The van der Waals surface area contributed by atoms with Crippen molar-refractivity contribution in [1.82, 2.24) is 5.32 Å². The van der Waals surface area contributed by atoms with Crippen molar-refractivity contribution in [3.63, 3.8) is 0 Å². The number of aryl methyl sites for hydroxylation is 1. The fourth-order valence-corrected chi connectivity index (χ4v) is 2.55. The van der Waals surface area contributed by atoms with Gasteiger partial charge < -0.3 is 5.32 Å². The van der Waals surface area contributed by atoms with E-state index in [9.17, 15) is 4.79 Å². The van der Waals surface area contributed by atoms with Crippen LogP contribution in [0.2, 0.25) is 0 Å². The molecule has 0 bridgehead atoms. The number of piperidine rings is 1. The van der Waals surface area contributed by atoms with Gasteiger partial charge in [0.2, 0.25) is 5.91 Å². The summed E-state index contributed by atoms with van der Waals surface area (Å²) in [6, 6.07) is 6.56. The lowest BCUT2D eigenvalue weighted by atomic mass is 9.81. The van der Waals surface area contributed by atoms with Crippen LogP contribution in [0.5, 0.6) is 0 Å². The number of hydrogen-bond acceptors (Lipinski definition) is 1. The summed E-state index contributed by atoms with van der Waals surface area (Å²) in [6.45, 7) is 9.56. The molecule has 0 aromatic heterocycles. The second-order valence-corrected chi connectivity index (χ2v) is 6.31. The monoisotopic (exact) mass is 245 g/mol. The van der Waals surface area contributed by atoms with Gasteiger partial charge in [-0.25, -0.2) is 0 Å². The van der Waals surface area contributed by atoms with Crippen molar-refractivity contribution < 1.29 is 4.79 Å². The maximum atomic E-state index is 12.0. The molecule has 0 saturated carbocycles. The molecule has 18 heavy (non-hydrogen) atoms. The van der Waals surface area contributed by atoms with E-state index < -0.39 is 0 Å². The average molecular weight is 245 g/mol. The van der Waals surface area contributed by atoms with Gasteiger partial charge in [0.15, 0.2) is 0 Å². The predicted molar refractivity (Wildman–Crippen MR) is 74.9 cm³/mol. The quantitative estimate of drug-likeness (QED) is 0.808. The number of carbonyl (C=O) groups is 1. The molecule has 1 aliphatic heterocycles. The average Bonchev–Trinajstić information content (AvgIpc) is 2.29. The van der Waals surface area contributed by atoms with Crippen molar-refractivity contribution in [2.75, 3.05) is 6.54 Å². The van der Waals surface area contributed by atoms with E-state index in [1.54, 1.807) is 0 Å². The van der Waals surface area contributed by atoms with Gasteiger partial charge in [-0.15, -0.1) is 0 Å². The third-order valence-electron chi connectivity index (χ3n) is 3.81. The van der Waals surface area contributed by atoms with Crippen LogP contribution in [0.3, 0.4) is 0 Å². The maximum absolute atomic E-state index is 12.0. The molecular formula is C16H23NO. The van der Waals surface area contributed by atoms with Crippen molar-refractivity contribution in [2.45, 2.75) is 51.9 Å². The summed E-state index contributed by atoms with van der Waals surface area (Å²) >= 11 is 0. The van der Waals surface area contributed by atoms with Crippen molar-refractivity contribution in [3.8, 4) is 0 Å². The number of amides is 1. The molecule has 2 heteroatoms. The Labute approximate surface area is 110 Å². The van der Waals surface area contributed by atoms with Crippen molar-refractivity contribution >= 4 is 5.91 Å². The molecule has 1 unspecified atom stereocenters. The Bertz CT molecular complexity index is 457. The van der Waals surface area contributed by atoms with E-state index in [4.69, 9.17) is 0 Å². The lowest BCUT2D eigenvalue weighted by molar-refractivity contribution is -0.123. The Morgan fingerprint density at radius 2 is 2.00 bits per heavy atom. The molecular weight excluding hydrogens is 222 g/mol. The summed E-state index contributed by atoms with van der Waals surface area (Å²) < 4.78 is 0. The van der Waals surface area contributed by atoms with E-state index >= 15 is 0 Å². The second-order valence-electron chi connectivity index (χ2n) is 6.31. The van der Waals surface area contributed by atoms with Crippen molar-refractivity contribution in [3.05, 3.63) is 34.9 Å². The smallest absolute Gasteiger partial charge is 0.227 e. The van der Waals surface area contributed by atoms with Crippen LogP contribution >= 0.6 is 0 Å². The minimum Gasteiger partial charge on any atom is -0.356 e. The van der Waals surface area contributed by atoms with Crippen LogP contribution in [0.15, 0.2) is 18.2 Å². The third kappa shape index (κ3) is 2.58. The number of carbonyl (C=O) groups excluding carboxylic acids is 1. The highest BCUT2D eigenvalue weighted by Crippen LogP contribution is 2.31. The van der Waals surface area contributed by atoms with Gasteiger partial charge in [0.25, 0.3) is 0 Å². The molecule has 1 saturated heterocycles. The molecule has 0 aliphatic carbocycles. The Kier molecular flexibility index (Phi) is 3.47. The van der Waals surface area contributed by atoms with E-state index in [1.165, 1.54) is 16.7 Å². The molecule has 2 rings (SSSR count). The summed E-state index contributed by atoms with van der Waals surface area (Å²) in [5.74, 6) is 0.233. The highest BCUT2D eigenvalue weighted by molar-refractivity contribution is 5.84. The first-order valence-electron chi connectivity index (χ1n) is 6.78. The zero-order valence-electron chi connectivity index (χ0n) is 11.8. The Balaban J connectivity index is 2.40. The molecule has 0 spiro atoms. The van der Waals surface area contributed by atoms with Gasteiger partial charge in [0, 0.05) is 6.54 Å². The summed E-state index contributed by atoms with van der Waals surface area (Å²) in [6.07, 6.45) is 2.05. The van der Waals surface area contributed by atoms with Crippen LogP contribution in [-0.4, -0.2) is 12.5 Å². The molecule has 0 radical (unpaired) electrons. The third-order valence-corrected chi connectivity index (χ3v) is 3.81. The normalized spacial score (nSPS) is 20.7. The zero-order valence-corrected chi connectivity index (χ0v) is 11.8. The molecule has 1 aromatic rings. The van der Waals surface area contributed by atoms with Crippen LogP contribution in [0, 0.1) is 6.92 Å². The van der Waals surface area contributed by atoms with Gasteiger partial charge in [-0.3, -0.25) is 4.79 Å². The topological polar surface area (TPSA) is 29.1 Å². The summed E-state index contributed by atoms with van der Waals surface area (Å²) in [7, 11) is 0. The van der Waals surface area contributed by atoms with Gasteiger partial charge in [-0.1, -0.05) is 39.0 Å². The first kappa shape index (κ1) is 13.1. The molecule has 1 atom stereocenters. The molecule has 1 aromatic carbocycles. The Morgan fingerprint density at radius 1 is 1.28 bits per heavy atom. The SMILES string of the molecule is Cc1ccc(C(C)(C)C)cc1C1CCCNC1=O. The highest BCUT2D eigenvalue weighted by atomic mass is 16.1. The first-order chi connectivity index (χ1) is 8.39. The summed E-state index contributed by atoms with van der Waals surface area (Å²) in [5, 5.41) is 2.98. The molecule has 98 valence electrons. The van der Waals surface area contributed by atoms with E-state index in [0.29, 0.717) is 0 Å². The number of hydrogen-bond donors (Lipinski definition) is 1. The highest BCUT2D eigenvalue weighted by Gasteiger charge is 2.26. The molecule has 1 N–H and O–H groups in total. The minimum absolute atomic E-state index is 0.0426. The standard InChI is InChI=1S/C16H23NO/c1-11-7-8-12(16(2,3)4)10-14(11)13-6-5-9-17-15(13)18/h7-8,10,13H,5-6,9H2,1-4H3,(H,17,18). The number of rotatable bonds is 1. The van der Waals surface area contributed by atoms with Gasteiger partial charge in [-0.2, -0.15) is 0 Å². The van der Waals surface area contributed by atoms with E-state index in [1.807, 2.05) is 0 Å². The van der Waals surface area contributed by atoms with E-state index in [2.05, 4.69) is 51.2 Å². The van der Waals surface area contributed by atoms with Crippen LogP contribution in [0.4, 0.5) is 0 Å². The molecule has 1 aliphatic rings. The second kappa shape index (κ2) is 4.75. The summed E-state index contributed by atoms with van der Waals surface area (Å²) in [4.78, 5) is 12.0. The Morgan fingerprint density at radius 3 is 2.61 bits per heavy atom. The summed E-state index contributed by atoms with van der Waals surface area (Å²) in [5.41, 5.74) is 3.87. The first-order valence-corrected chi connectivity index (χ1v) is 6.78. The van der Waals surface area contributed by atoms with Crippen LogP contribution in [0.25, 0.3) is 0 Å². The van der Waals surface area contributed by atoms with E-state index in [-0.39, 0.29) is 17.2 Å². The fourth-order valence-electron chi connectivity index (χ4n) is 2.55. The fraction of sp³-hybridized carbons (Fsp3) is 0.562. The lowest BCUT2D eigenvalue weighted by Gasteiger charge is -2.26. The van der Waals surface area contributed by atoms with Crippen molar-refractivity contribution in [2.24, 2.45) is 0 Å². The van der Waals surface area contributed by atoms with Crippen LogP contribution in [0.1, 0.15) is 56.2 Å². The van der Waals surface area contributed by atoms with Gasteiger partial charge >= 0.3 is 0 Å². The maximum Gasteiger partial charge on any atom is 0.227 e. The molecule has 2 nitrogen and oxygen atoms in total. The van der Waals surface area contributed by atoms with Crippen LogP contribution in [-0.2, 0) is 10.2 Å². The zero-order chi connectivity index (χ0) is 13.3. The van der Waals surface area contributed by atoms with E-state index in [0.717, 1.165) is 19.4 Å². The van der Waals surface area contributed by atoms with Gasteiger partial charge in [-0.05, 0) is 41.9 Å². The predicted octanol–water partition coefficient (Wildman–Crippen LogP) is 3.29. The largest absolute Gasteiger partial charge is 0.356 e. The molecule has 1 amide bonds. The van der Waals surface area contributed by atoms with Gasteiger partial charge in [0.05, 0.1) is 5.92 Å². The van der Waals surface area contributed by atoms with Crippen molar-refractivity contribution in [1.29, 1.82) is 0 Å². The van der Waals surface area contributed by atoms with Gasteiger partial charge in [0.1, 0.15) is 0 Å². The number of benzene rings is 1. The minimum atomic E-state index is 0.0426. The molecule has 1 heterocycles. The lowest BCUT2D eigenvalue weighted by Crippen LogP contribution is -2.35. The van der Waals surface area contributed by atoms with Crippen LogP contribution < -0.4 is 5.32 Å². The number of nitrogens with one attached hydrogen (secondary N) is 1.